The number of rotatable bonds is 3. The number of hydrogen-bond donors (Lipinski definition) is 1. The summed E-state index contributed by atoms with van der Waals surface area (Å²) in [5.74, 6) is 0.0720. The van der Waals surface area contributed by atoms with E-state index in [-0.39, 0.29) is 26.5 Å². The fourth-order valence-corrected chi connectivity index (χ4v) is 1.69. The Hall–Kier alpha value is -0.910. The third-order valence-electron chi connectivity index (χ3n) is 1.53. The first-order valence-electron chi connectivity index (χ1n) is 3.60. The van der Waals surface area contributed by atoms with Crippen LogP contribution in [0.4, 0.5) is 5.69 Å². The van der Waals surface area contributed by atoms with E-state index < -0.39 is 5.03 Å². The van der Waals surface area contributed by atoms with Gasteiger partial charge in [-0.05, 0) is 6.07 Å². The summed E-state index contributed by atoms with van der Waals surface area (Å²) in [6, 6.07) is 1.34. The van der Waals surface area contributed by atoms with Crippen molar-refractivity contribution in [1.29, 1.82) is 0 Å². The highest BCUT2D eigenvalue weighted by Crippen LogP contribution is 2.42. The molecule has 82 valence electrons. The number of methoxy groups -OCH3 is 1. The van der Waals surface area contributed by atoms with E-state index in [1.54, 1.807) is 0 Å². The van der Waals surface area contributed by atoms with E-state index in [0.29, 0.717) is 0 Å². The van der Waals surface area contributed by atoms with E-state index in [2.05, 4.69) is 0 Å². The Balaban J connectivity index is 3.36. The molecule has 0 aliphatic carbocycles. The summed E-state index contributed by atoms with van der Waals surface area (Å²) in [6.07, 6.45) is 0. The number of ether oxygens (including phenoxy) is 1. The van der Waals surface area contributed by atoms with E-state index in [1.807, 2.05) is 5.43 Å². The maximum absolute atomic E-state index is 10.3. The fraction of sp³-hybridized carbons (Fsp3) is 0.143. The molecular formula is C7H5Cl3N2O3. The zero-order valence-corrected chi connectivity index (χ0v) is 9.65. The van der Waals surface area contributed by atoms with Crippen LogP contribution in [0.3, 0.4) is 0 Å². The fourth-order valence-electron chi connectivity index (χ4n) is 0.969. The molecule has 1 aromatic carbocycles. The zero-order chi connectivity index (χ0) is 11.6. The summed E-state index contributed by atoms with van der Waals surface area (Å²) < 4.78 is 4.87. The highest BCUT2D eigenvalue weighted by atomic mass is 35.5. The molecule has 0 radical (unpaired) electrons. The average Bonchev–Trinajstić information content (AvgIpc) is 2.13. The molecule has 0 unspecified atom stereocenters. The van der Waals surface area contributed by atoms with Gasteiger partial charge in [0.25, 0.3) is 0 Å². The van der Waals surface area contributed by atoms with Gasteiger partial charge in [-0.25, -0.2) is 10.1 Å². The van der Waals surface area contributed by atoms with Crippen molar-refractivity contribution in [3.8, 4) is 5.75 Å². The number of benzene rings is 1. The molecule has 0 aliphatic rings. The van der Waals surface area contributed by atoms with Crippen LogP contribution >= 0.6 is 34.8 Å². The largest absolute Gasteiger partial charge is 0.493 e. The summed E-state index contributed by atoms with van der Waals surface area (Å²) in [5, 5.41) is 9.74. The number of hydrogen-bond acceptors (Lipinski definition) is 3. The zero-order valence-electron chi connectivity index (χ0n) is 7.38. The Morgan fingerprint density at radius 3 is 2.47 bits per heavy atom. The first kappa shape index (κ1) is 12.2. The quantitative estimate of drug-likeness (QED) is 0.520. The van der Waals surface area contributed by atoms with Crippen molar-refractivity contribution in [3.63, 3.8) is 0 Å². The van der Waals surface area contributed by atoms with Crippen LogP contribution < -0.4 is 10.2 Å². The second-order valence-electron chi connectivity index (χ2n) is 2.43. The summed E-state index contributed by atoms with van der Waals surface area (Å²) in [5.41, 5.74) is 1.80. The molecule has 15 heavy (non-hydrogen) atoms. The minimum atomic E-state index is -0.781. The number of nitro groups is 1. The van der Waals surface area contributed by atoms with E-state index in [0.717, 1.165) is 0 Å². The summed E-state index contributed by atoms with van der Waals surface area (Å²) >= 11 is 17.2. The molecule has 0 spiro atoms. The van der Waals surface area contributed by atoms with Gasteiger partial charge in [0.2, 0.25) is 0 Å². The highest BCUT2D eigenvalue weighted by molar-refractivity contribution is 6.45. The monoisotopic (exact) mass is 270 g/mol. The van der Waals surface area contributed by atoms with Crippen LogP contribution in [-0.4, -0.2) is 12.1 Å². The smallest absolute Gasteiger partial charge is 0.168 e. The Morgan fingerprint density at radius 2 is 2.00 bits per heavy atom. The Morgan fingerprint density at radius 1 is 1.40 bits per heavy atom. The highest BCUT2D eigenvalue weighted by Gasteiger charge is 2.19. The van der Waals surface area contributed by atoms with Crippen molar-refractivity contribution in [1.82, 2.24) is 0 Å². The van der Waals surface area contributed by atoms with Crippen LogP contribution in [0.2, 0.25) is 15.1 Å². The van der Waals surface area contributed by atoms with Gasteiger partial charge in [0, 0.05) is 0 Å². The molecule has 0 fully saturated rings. The van der Waals surface area contributed by atoms with Crippen LogP contribution in [0.1, 0.15) is 0 Å². The molecule has 1 rings (SSSR count). The summed E-state index contributed by atoms with van der Waals surface area (Å²) in [6.45, 7) is 0. The minimum Gasteiger partial charge on any atom is -0.493 e. The van der Waals surface area contributed by atoms with Crippen LogP contribution in [0.15, 0.2) is 6.07 Å². The third kappa shape index (κ3) is 2.56. The standard InChI is InChI=1S/C7H5Cl3N2O3/c1-15-7-4(9)2-3(8)5(10)6(7)11-12(13)14/h2,11H,1H3. The molecule has 8 heteroatoms. The molecular weight excluding hydrogens is 266 g/mol. The number of anilines is 1. The molecule has 0 atom stereocenters. The Kier molecular flexibility index (Phi) is 3.84. The van der Waals surface area contributed by atoms with Crippen LogP contribution in [0.5, 0.6) is 5.75 Å². The lowest BCUT2D eigenvalue weighted by Gasteiger charge is -2.10. The van der Waals surface area contributed by atoms with Gasteiger partial charge in [0.05, 0.1) is 22.2 Å². The van der Waals surface area contributed by atoms with Crippen molar-refractivity contribution in [2.75, 3.05) is 12.5 Å². The molecule has 0 aliphatic heterocycles. The Bertz CT molecular complexity index is 411. The van der Waals surface area contributed by atoms with Crippen molar-refractivity contribution >= 4 is 40.5 Å². The van der Waals surface area contributed by atoms with Gasteiger partial charge in [-0.15, -0.1) is 5.43 Å². The maximum Gasteiger partial charge on any atom is 0.168 e. The predicted octanol–water partition coefficient (Wildman–Crippen LogP) is 3.26. The van der Waals surface area contributed by atoms with Gasteiger partial charge in [0.15, 0.2) is 16.5 Å². The lowest BCUT2D eigenvalue weighted by Crippen LogP contribution is -2.09. The van der Waals surface area contributed by atoms with Crippen molar-refractivity contribution in [2.45, 2.75) is 0 Å². The number of nitrogens with one attached hydrogen (secondary N) is 1. The van der Waals surface area contributed by atoms with E-state index >= 15 is 0 Å². The number of hydrazine groups is 1. The van der Waals surface area contributed by atoms with E-state index in [1.165, 1.54) is 13.2 Å². The molecule has 1 N–H and O–H groups in total. The van der Waals surface area contributed by atoms with E-state index in [4.69, 9.17) is 39.5 Å². The first-order chi connectivity index (χ1) is 6.97. The van der Waals surface area contributed by atoms with Gasteiger partial charge in [-0.1, -0.05) is 34.8 Å². The second-order valence-corrected chi connectivity index (χ2v) is 3.62. The maximum atomic E-state index is 10.3. The van der Waals surface area contributed by atoms with Gasteiger partial charge in [0.1, 0.15) is 0 Å². The van der Waals surface area contributed by atoms with Gasteiger partial charge in [-0.3, -0.25) is 0 Å². The van der Waals surface area contributed by atoms with Crippen LogP contribution in [0, 0.1) is 10.1 Å². The van der Waals surface area contributed by atoms with Gasteiger partial charge in [-0.2, -0.15) is 0 Å². The minimum absolute atomic E-state index is 0.0189. The SMILES string of the molecule is COc1c(Cl)cc(Cl)c(Cl)c1N[N+](=O)[O-]. The third-order valence-corrected chi connectivity index (χ3v) is 2.60. The average molecular weight is 271 g/mol. The van der Waals surface area contributed by atoms with Crippen molar-refractivity contribution in [2.24, 2.45) is 0 Å². The van der Waals surface area contributed by atoms with Gasteiger partial charge < -0.3 is 4.74 Å². The van der Waals surface area contributed by atoms with Crippen LogP contribution in [-0.2, 0) is 0 Å². The normalized spacial score (nSPS) is 9.87. The van der Waals surface area contributed by atoms with Gasteiger partial charge >= 0.3 is 0 Å². The lowest BCUT2D eigenvalue weighted by atomic mass is 10.3. The first-order valence-corrected chi connectivity index (χ1v) is 4.73. The van der Waals surface area contributed by atoms with Crippen LogP contribution in [0.25, 0.3) is 0 Å². The molecule has 0 saturated heterocycles. The molecule has 1 aromatic rings. The summed E-state index contributed by atoms with van der Waals surface area (Å²) in [7, 11) is 1.32. The lowest BCUT2D eigenvalue weighted by molar-refractivity contribution is -0.445. The molecule has 0 aromatic heterocycles. The topological polar surface area (TPSA) is 64.4 Å². The second kappa shape index (κ2) is 4.74. The molecule has 0 bridgehead atoms. The molecule has 0 heterocycles. The number of halogens is 3. The molecule has 0 saturated carbocycles. The number of nitrogens with zero attached hydrogens (tertiary/aromatic N) is 1. The summed E-state index contributed by atoms with van der Waals surface area (Å²) in [4.78, 5) is 10.3. The molecule has 0 amide bonds. The van der Waals surface area contributed by atoms with Crippen molar-refractivity contribution in [3.05, 3.63) is 31.2 Å². The van der Waals surface area contributed by atoms with Crippen molar-refractivity contribution < 1.29 is 9.77 Å². The predicted molar refractivity (Wildman–Crippen MR) is 58.6 cm³/mol. The van der Waals surface area contributed by atoms with E-state index in [9.17, 15) is 10.1 Å². The Labute approximate surface area is 100.0 Å². The molecule has 5 nitrogen and oxygen atoms in total.